The van der Waals surface area contributed by atoms with E-state index in [9.17, 15) is 9.90 Å². The topological polar surface area (TPSA) is 58.4 Å². The Bertz CT molecular complexity index is 463. The van der Waals surface area contributed by atoms with Crippen molar-refractivity contribution in [1.29, 1.82) is 0 Å². The molecule has 0 unspecified atom stereocenters. The molecule has 0 bridgehead atoms. The van der Waals surface area contributed by atoms with Gasteiger partial charge in [0.05, 0.1) is 11.7 Å². The fraction of sp³-hybridized carbons (Fsp3) is 0.667. The van der Waals surface area contributed by atoms with Gasteiger partial charge in [0, 0.05) is 18.7 Å². The summed E-state index contributed by atoms with van der Waals surface area (Å²) in [7, 11) is 0. The Labute approximate surface area is 100 Å². The normalized spacial score (nSPS) is 20.3. The Balaban J connectivity index is 2.02. The molecule has 2 aliphatic rings. The molecule has 1 fully saturated rings. The van der Waals surface area contributed by atoms with Crippen molar-refractivity contribution >= 4 is 5.97 Å². The summed E-state index contributed by atoms with van der Waals surface area (Å²) in [6, 6.07) is 0.335. The molecule has 0 radical (unpaired) electrons. The van der Waals surface area contributed by atoms with Crippen LogP contribution < -0.4 is 0 Å². The van der Waals surface area contributed by atoms with E-state index in [0.717, 1.165) is 50.2 Å². The minimum atomic E-state index is -0.824. The van der Waals surface area contributed by atoms with Crippen molar-refractivity contribution in [3.63, 3.8) is 0 Å². The van der Waals surface area contributed by atoms with Gasteiger partial charge in [0.2, 0.25) is 0 Å². The van der Waals surface area contributed by atoms with Gasteiger partial charge in [0.25, 0.3) is 0 Å². The van der Waals surface area contributed by atoms with Gasteiger partial charge in [-0.15, -0.1) is 0 Å². The van der Waals surface area contributed by atoms with Crippen LogP contribution in [0.5, 0.6) is 0 Å². The van der Waals surface area contributed by atoms with Crippen LogP contribution in [0.2, 0.25) is 0 Å². The highest BCUT2D eigenvalue weighted by Gasteiger charge is 2.34. The summed E-state index contributed by atoms with van der Waals surface area (Å²) in [5.41, 5.74) is 2.38. The molecule has 1 aromatic heterocycles. The van der Waals surface area contributed by atoms with Crippen LogP contribution in [-0.2, 0) is 13.0 Å². The van der Waals surface area contributed by atoms with Crippen molar-refractivity contribution < 1.29 is 9.90 Å². The maximum atomic E-state index is 11.4. The monoisotopic (exact) mass is 235 g/mol. The Kier molecular flexibility index (Phi) is 2.43. The lowest BCUT2D eigenvalue weighted by molar-refractivity contribution is 0.0681. The Morgan fingerprint density at radius 3 is 2.88 bits per heavy atom. The van der Waals surface area contributed by atoms with Gasteiger partial charge in [-0.25, -0.2) is 4.79 Å². The van der Waals surface area contributed by atoms with E-state index in [1.165, 1.54) is 0 Å². The van der Waals surface area contributed by atoms with E-state index in [1.54, 1.807) is 4.68 Å². The molecule has 1 N–H and O–H groups in total. The standard InChI is InChI=1S/C12H17N3O2/c1-2-14-6-5-9-10(7-14)13-15(8-3-4-8)11(9)12(16)17/h8H,2-7H2,1H3,(H,16,17). The van der Waals surface area contributed by atoms with Crippen LogP contribution in [-0.4, -0.2) is 38.8 Å². The highest BCUT2D eigenvalue weighted by atomic mass is 16.4. The first-order valence-electron chi connectivity index (χ1n) is 6.26. The molecule has 3 rings (SSSR count). The number of carboxylic acid groups (broad SMARTS) is 1. The van der Waals surface area contributed by atoms with Crippen LogP contribution in [0.4, 0.5) is 0 Å². The Morgan fingerprint density at radius 2 is 2.29 bits per heavy atom. The molecule has 17 heavy (non-hydrogen) atoms. The zero-order valence-corrected chi connectivity index (χ0v) is 10.0. The van der Waals surface area contributed by atoms with Crippen molar-refractivity contribution in [2.45, 2.75) is 38.8 Å². The molecule has 92 valence electrons. The molecule has 0 amide bonds. The summed E-state index contributed by atoms with van der Waals surface area (Å²) in [5, 5.41) is 13.9. The number of aromatic nitrogens is 2. The van der Waals surface area contributed by atoms with Crippen molar-refractivity contribution in [3.05, 3.63) is 17.0 Å². The van der Waals surface area contributed by atoms with Gasteiger partial charge < -0.3 is 5.11 Å². The maximum absolute atomic E-state index is 11.4. The first kappa shape index (κ1) is 10.8. The number of carbonyl (C=O) groups is 1. The third-order valence-corrected chi connectivity index (χ3v) is 3.69. The van der Waals surface area contributed by atoms with Crippen LogP contribution >= 0.6 is 0 Å². The first-order chi connectivity index (χ1) is 8.20. The van der Waals surface area contributed by atoms with E-state index in [0.29, 0.717) is 11.7 Å². The lowest BCUT2D eigenvalue weighted by atomic mass is 10.0. The van der Waals surface area contributed by atoms with E-state index in [4.69, 9.17) is 0 Å². The van der Waals surface area contributed by atoms with Gasteiger partial charge in [-0.3, -0.25) is 9.58 Å². The number of likely N-dealkylation sites (N-methyl/N-ethyl adjacent to an activating group) is 1. The average Bonchev–Trinajstić information content (AvgIpc) is 3.08. The summed E-state index contributed by atoms with van der Waals surface area (Å²) in [5.74, 6) is -0.824. The van der Waals surface area contributed by atoms with Crippen molar-refractivity contribution in [2.75, 3.05) is 13.1 Å². The SMILES string of the molecule is CCN1CCc2c(nn(C3CC3)c2C(=O)O)C1. The largest absolute Gasteiger partial charge is 0.477 e. The van der Waals surface area contributed by atoms with Gasteiger partial charge in [-0.1, -0.05) is 6.92 Å². The van der Waals surface area contributed by atoms with Crippen LogP contribution in [0.1, 0.15) is 47.6 Å². The van der Waals surface area contributed by atoms with Crippen molar-refractivity contribution in [3.8, 4) is 0 Å². The summed E-state index contributed by atoms with van der Waals surface area (Å²) < 4.78 is 1.76. The zero-order valence-electron chi connectivity index (χ0n) is 10.0. The molecule has 0 atom stereocenters. The van der Waals surface area contributed by atoms with Gasteiger partial charge in [-0.2, -0.15) is 5.10 Å². The molecular formula is C12H17N3O2. The molecule has 1 aliphatic carbocycles. The number of fused-ring (bicyclic) bond motifs is 1. The second-order valence-electron chi connectivity index (χ2n) is 4.87. The third-order valence-electron chi connectivity index (χ3n) is 3.69. The molecule has 0 saturated heterocycles. The van der Waals surface area contributed by atoms with Gasteiger partial charge in [0.15, 0.2) is 0 Å². The molecule has 1 aliphatic heterocycles. The fourth-order valence-corrected chi connectivity index (χ4v) is 2.55. The van der Waals surface area contributed by atoms with Crippen molar-refractivity contribution in [2.24, 2.45) is 0 Å². The third kappa shape index (κ3) is 1.74. The van der Waals surface area contributed by atoms with Gasteiger partial charge >= 0.3 is 5.97 Å². The fourth-order valence-electron chi connectivity index (χ4n) is 2.55. The number of nitrogens with zero attached hydrogens (tertiary/aromatic N) is 3. The number of hydrogen-bond donors (Lipinski definition) is 1. The second-order valence-corrected chi connectivity index (χ2v) is 4.87. The van der Waals surface area contributed by atoms with E-state index >= 15 is 0 Å². The highest BCUT2D eigenvalue weighted by molar-refractivity contribution is 5.88. The van der Waals surface area contributed by atoms with Crippen LogP contribution in [0.15, 0.2) is 0 Å². The van der Waals surface area contributed by atoms with Crippen LogP contribution in [0.3, 0.4) is 0 Å². The number of aromatic carboxylic acids is 1. The van der Waals surface area contributed by atoms with Gasteiger partial charge in [0.1, 0.15) is 5.69 Å². The lowest BCUT2D eigenvalue weighted by Crippen LogP contribution is -2.30. The minimum Gasteiger partial charge on any atom is -0.477 e. The molecule has 2 heterocycles. The van der Waals surface area contributed by atoms with Crippen molar-refractivity contribution in [1.82, 2.24) is 14.7 Å². The summed E-state index contributed by atoms with van der Waals surface area (Å²) in [6.45, 7) is 4.87. The van der Waals surface area contributed by atoms with E-state index in [2.05, 4.69) is 16.9 Å². The van der Waals surface area contributed by atoms with E-state index in [1.807, 2.05) is 0 Å². The Hall–Kier alpha value is -1.36. The predicted molar refractivity (Wildman–Crippen MR) is 62.1 cm³/mol. The average molecular weight is 235 g/mol. The minimum absolute atomic E-state index is 0.335. The van der Waals surface area contributed by atoms with Gasteiger partial charge in [-0.05, 0) is 25.8 Å². The predicted octanol–water partition coefficient (Wildman–Crippen LogP) is 1.29. The maximum Gasteiger partial charge on any atom is 0.354 e. The lowest BCUT2D eigenvalue weighted by Gasteiger charge is -2.24. The van der Waals surface area contributed by atoms with Crippen LogP contribution in [0, 0.1) is 0 Å². The van der Waals surface area contributed by atoms with E-state index in [-0.39, 0.29) is 0 Å². The number of rotatable bonds is 3. The van der Waals surface area contributed by atoms with Crippen LogP contribution in [0.25, 0.3) is 0 Å². The molecule has 0 spiro atoms. The molecule has 5 nitrogen and oxygen atoms in total. The first-order valence-corrected chi connectivity index (χ1v) is 6.26. The highest BCUT2D eigenvalue weighted by Crippen LogP contribution is 2.37. The molecular weight excluding hydrogens is 218 g/mol. The Morgan fingerprint density at radius 1 is 1.53 bits per heavy atom. The quantitative estimate of drug-likeness (QED) is 0.857. The zero-order chi connectivity index (χ0) is 12.0. The molecule has 5 heteroatoms. The summed E-state index contributed by atoms with van der Waals surface area (Å²) in [4.78, 5) is 13.7. The second kappa shape index (κ2) is 3.84. The smallest absolute Gasteiger partial charge is 0.354 e. The number of carboxylic acids is 1. The number of hydrogen-bond acceptors (Lipinski definition) is 3. The molecule has 1 aromatic rings. The van der Waals surface area contributed by atoms with E-state index < -0.39 is 5.97 Å². The molecule has 1 saturated carbocycles. The molecule has 0 aromatic carbocycles. The summed E-state index contributed by atoms with van der Waals surface area (Å²) >= 11 is 0. The summed E-state index contributed by atoms with van der Waals surface area (Å²) in [6.07, 6.45) is 2.95.